The number of rotatable bonds is 4. The van der Waals surface area contributed by atoms with E-state index in [2.05, 4.69) is 18.2 Å². The summed E-state index contributed by atoms with van der Waals surface area (Å²) in [6, 6.07) is 15.0. The van der Waals surface area contributed by atoms with Crippen LogP contribution in [0.1, 0.15) is 31.4 Å². The molecule has 0 N–H and O–H groups in total. The first kappa shape index (κ1) is 16.8. The molecule has 5 heteroatoms. The van der Waals surface area contributed by atoms with Gasteiger partial charge in [-0.3, -0.25) is 15.1 Å². The molecule has 0 bridgehead atoms. The van der Waals surface area contributed by atoms with Crippen molar-refractivity contribution in [2.45, 2.75) is 35.5 Å². The van der Waals surface area contributed by atoms with Crippen LogP contribution < -0.4 is 0 Å². The topological polar surface area (TPSA) is 56.0 Å². The van der Waals surface area contributed by atoms with Gasteiger partial charge in [-0.2, -0.15) is 0 Å². The maximum Gasteiger partial charge on any atom is 0.269 e. The third kappa shape index (κ3) is 3.35. The van der Waals surface area contributed by atoms with Gasteiger partial charge in [0.15, 0.2) is 0 Å². The van der Waals surface area contributed by atoms with Crippen molar-refractivity contribution in [1.29, 1.82) is 0 Å². The average Bonchev–Trinajstić information content (AvgIpc) is 2.69. The van der Waals surface area contributed by atoms with E-state index in [9.17, 15) is 10.1 Å². The summed E-state index contributed by atoms with van der Waals surface area (Å²) in [5.74, 6) is 0. The lowest BCUT2D eigenvalue weighted by atomic mass is 9.96. The minimum Gasteiger partial charge on any atom is -0.258 e. The Kier molecular flexibility index (Phi) is 4.71. The number of allylic oxidation sites excluding steroid dienone is 2. The van der Waals surface area contributed by atoms with Crippen molar-refractivity contribution in [2.24, 2.45) is 0 Å². The van der Waals surface area contributed by atoms with Crippen LogP contribution >= 0.6 is 11.8 Å². The summed E-state index contributed by atoms with van der Waals surface area (Å²) < 4.78 is 0. The van der Waals surface area contributed by atoms with Crippen LogP contribution in [0.2, 0.25) is 0 Å². The van der Waals surface area contributed by atoms with E-state index in [1.54, 1.807) is 23.9 Å². The normalized spacial score (nSPS) is 14.2. The van der Waals surface area contributed by atoms with E-state index in [0.717, 1.165) is 33.7 Å². The van der Waals surface area contributed by atoms with Crippen molar-refractivity contribution in [2.75, 3.05) is 0 Å². The highest BCUT2D eigenvalue weighted by Gasteiger charge is 2.16. The lowest BCUT2D eigenvalue weighted by Gasteiger charge is -2.17. The van der Waals surface area contributed by atoms with E-state index >= 15 is 0 Å². The average molecular weight is 362 g/mol. The third-order valence-corrected chi connectivity index (χ3v) is 5.74. The summed E-state index contributed by atoms with van der Waals surface area (Å²) in [6.45, 7) is 0. The summed E-state index contributed by atoms with van der Waals surface area (Å²) in [5.41, 5.74) is 2.47. The molecule has 0 aliphatic heterocycles. The molecule has 3 aromatic rings. The zero-order chi connectivity index (χ0) is 17.9. The Bertz CT molecular complexity index is 997. The first-order valence-corrected chi connectivity index (χ1v) is 9.53. The molecule has 4 nitrogen and oxygen atoms in total. The van der Waals surface area contributed by atoms with Gasteiger partial charge < -0.3 is 0 Å². The molecule has 0 saturated carbocycles. The zero-order valence-corrected chi connectivity index (χ0v) is 15.0. The second-order valence-corrected chi connectivity index (χ2v) is 7.44. The predicted octanol–water partition coefficient (Wildman–Crippen LogP) is 6.25. The van der Waals surface area contributed by atoms with Crippen LogP contribution in [-0.2, 0) is 0 Å². The fourth-order valence-electron chi connectivity index (χ4n) is 3.28. The second-order valence-electron chi connectivity index (χ2n) is 6.35. The molecule has 4 rings (SSSR count). The van der Waals surface area contributed by atoms with Crippen molar-refractivity contribution in [3.05, 3.63) is 76.6 Å². The van der Waals surface area contributed by atoms with Crippen molar-refractivity contribution >= 4 is 33.8 Å². The molecule has 26 heavy (non-hydrogen) atoms. The highest BCUT2D eigenvalue weighted by molar-refractivity contribution is 7.99. The van der Waals surface area contributed by atoms with Crippen molar-refractivity contribution in [3.8, 4) is 0 Å². The van der Waals surface area contributed by atoms with Crippen molar-refractivity contribution in [1.82, 2.24) is 4.98 Å². The summed E-state index contributed by atoms with van der Waals surface area (Å²) in [6.07, 6.45) is 8.84. The zero-order valence-electron chi connectivity index (χ0n) is 14.2. The minimum atomic E-state index is -0.369. The van der Waals surface area contributed by atoms with E-state index in [4.69, 9.17) is 4.98 Å². The van der Waals surface area contributed by atoms with Crippen LogP contribution in [0.3, 0.4) is 0 Å². The van der Waals surface area contributed by atoms with Gasteiger partial charge in [0.2, 0.25) is 0 Å². The lowest BCUT2D eigenvalue weighted by Crippen LogP contribution is -1.98. The van der Waals surface area contributed by atoms with Crippen LogP contribution in [-0.4, -0.2) is 9.91 Å². The third-order valence-electron chi connectivity index (χ3n) is 4.62. The summed E-state index contributed by atoms with van der Waals surface area (Å²) in [7, 11) is 0. The number of benzene rings is 2. The van der Waals surface area contributed by atoms with Gasteiger partial charge in [0, 0.05) is 33.5 Å². The largest absolute Gasteiger partial charge is 0.269 e. The molecule has 0 amide bonds. The number of hydrogen-bond acceptors (Lipinski definition) is 4. The second kappa shape index (κ2) is 7.30. The highest BCUT2D eigenvalue weighted by Crippen LogP contribution is 2.40. The highest BCUT2D eigenvalue weighted by atomic mass is 32.2. The molecule has 0 spiro atoms. The number of nitro groups is 1. The van der Waals surface area contributed by atoms with Gasteiger partial charge in [-0.15, -0.1) is 0 Å². The van der Waals surface area contributed by atoms with Crippen LogP contribution in [0, 0.1) is 10.1 Å². The quantitative estimate of drug-likeness (QED) is 0.406. The molecule has 0 fully saturated rings. The standard InChI is InChI=1S/C21H18N2O2S/c24-23(25)17-10-12-18(13-11-17)26-21-19-9-5-4-8-16(19)14-22-20(21)15-6-2-1-3-7-15/h4-6,8-14H,1-3,7H2. The van der Waals surface area contributed by atoms with Gasteiger partial charge in [0.1, 0.15) is 0 Å². The van der Waals surface area contributed by atoms with Gasteiger partial charge in [-0.25, -0.2) is 0 Å². The van der Waals surface area contributed by atoms with Crippen molar-refractivity contribution < 1.29 is 4.92 Å². The van der Waals surface area contributed by atoms with Gasteiger partial charge >= 0.3 is 0 Å². The van der Waals surface area contributed by atoms with E-state index in [1.165, 1.54) is 23.8 Å². The first-order valence-electron chi connectivity index (χ1n) is 8.72. The fraction of sp³-hybridized carbons (Fsp3) is 0.190. The van der Waals surface area contributed by atoms with Gasteiger partial charge in [-0.05, 0) is 48.8 Å². The van der Waals surface area contributed by atoms with Gasteiger partial charge in [0.25, 0.3) is 5.69 Å². The lowest BCUT2D eigenvalue weighted by molar-refractivity contribution is -0.384. The monoisotopic (exact) mass is 362 g/mol. The Morgan fingerprint density at radius 2 is 1.85 bits per heavy atom. The molecule has 1 aliphatic carbocycles. The Balaban J connectivity index is 1.80. The van der Waals surface area contributed by atoms with E-state index < -0.39 is 0 Å². The van der Waals surface area contributed by atoms with E-state index in [1.807, 2.05) is 30.5 Å². The number of aromatic nitrogens is 1. The fourth-order valence-corrected chi connectivity index (χ4v) is 4.36. The molecular formula is C21H18N2O2S. The maximum absolute atomic E-state index is 10.9. The first-order chi connectivity index (χ1) is 12.7. The van der Waals surface area contributed by atoms with Crippen LogP contribution in [0.15, 0.2) is 70.6 Å². The molecular weight excluding hydrogens is 344 g/mol. The van der Waals surface area contributed by atoms with E-state index in [0.29, 0.717) is 0 Å². The van der Waals surface area contributed by atoms with E-state index in [-0.39, 0.29) is 10.6 Å². The molecule has 130 valence electrons. The maximum atomic E-state index is 10.9. The molecule has 0 radical (unpaired) electrons. The molecule has 2 aromatic carbocycles. The van der Waals surface area contributed by atoms with Gasteiger partial charge in [0.05, 0.1) is 10.6 Å². The number of pyridine rings is 1. The van der Waals surface area contributed by atoms with Crippen molar-refractivity contribution in [3.63, 3.8) is 0 Å². The SMILES string of the molecule is O=[N+]([O-])c1ccc(Sc2c(C3=CCCCC3)ncc3ccccc23)cc1. The number of nitrogens with zero attached hydrogens (tertiary/aromatic N) is 2. The minimum absolute atomic E-state index is 0.112. The molecule has 0 unspecified atom stereocenters. The Morgan fingerprint density at radius 3 is 2.58 bits per heavy atom. The van der Waals surface area contributed by atoms with Gasteiger partial charge in [-0.1, -0.05) is 42.1 Å². The molecule has 0 atom stereocenters. The molecule has 1 aliphatic rings. The summed E-state index contributed by atoms with van der Waals surface area (Å²) in [4.78, 5) is 17.4. The van der Waals surface area contributed by atoms with Crippen LogP contribution in [0.4, 0.5) is 5.69 Å². The number of nitro benzene ring substituents is 1. The van der Waals surface area contributed by atoms with Crippen LogP contribution in [0.25, 0.3) is 16.3 Å². The number of hydrogen-bond donors (Lipinski definition) is 0. The Labute approximate surface area is 156 Å². The summed E-state index contributed by atoms with van der Waals surface area (Å²) >= 11 is 1.63. The number of non-ortho nitro benzene ring substituents is 1. The Hall–Kier alpha value is -2.66. The Morgan fingerprint density at radius 1 is 1.04 bits per heavy atom. The number of fused-ring (bicyclic) bond motifs is 1. The molecule has 1 heterocycles. The predicted molar refractivity (Wildman–Crippen MR) is 105 cm³/mol. The smallest absolute Gasteiger partial charge is 0.258 e. The summed E-state index contributed by atoms with van der Waals surface area (Å²) in [5, 5.41) is 13.2. The van der Waals surface area contributed by atoms with Crippen LogP contribution in [0.5, 0.6) is 0 Å². The molecule has 1 aromatic heterocycles. The molecule has 0 saturated heterocycles.